The van der Waals surface area contributed by atoms with Gasteiger partial charge in [0.15, 0.2) is 5.78 Å². The molecule has 3 heteroatoms. The zero-order valence-electron chi connectivity index (χ0n) is 15.1. The Labute approximate surface area is 149 Å². The molecule has 4 saturated carbocycles. The fourth-order valence-electron chi connectivity index (χ4n) is 8.54. The molecule has 0 bridgehead atoms. The van der Waals surface area contributed by atoms with Crippen LogP contribution in [-0.4, -0.2) is 17.4 Å². The van der Waals surface area contributed by atoms with Gasteiger partial charge in [-0.15, -0.1) is 0 Å². The minimum absolute atomic E-state index is 0.0503. The van der Waals surface area contributed by atoms with Crippen LogP contribution in [0, 0.1) is 40.9 Å². The van der Waals surface area contributed by atoms with Gasteiger partial charge in [0.2, 0.25) is 0 Å². The highest BCUT2D eigenvalue weighted by Gasteiger charge is 2.78. The van der Waals surface area contributed by atoms with Gasteiger partial charge in [0.25, 0.3) is 0 Å². The zero-order valence-corrected chi connectivity index (χ0v) is 15.1. The molecule has 0 amide bonds. The number of esters is 1. The molecule has 0 radical (unpaired) electrons. The van der Waals surface area contributed by atoms with E-state index in [4.69, 9.17) is 4.74 Å². The number of hydrogen-bond donors (Lipinski definition) is 0. The molecule has 0 aromatic carbocycles. The minimum atomic E-state index is -0.122. The van der Waals surface area contributed by atoms with Gasteiger partial charge in [0.1, 0.15) is 5.60 Å². The summed E-state index contributed by atoms with van der Waals surface area (Å²) in [6.07, 6.45) is 11.6. The largest absolute Gasteiger partial charge is 0.458 e. The molecule has 134 valence electrons. The summed E-state index contributed by atoms with van der Waals surface area (Å²) in [5.41, 5.74) is 1.55. The quantitative estimate of drug-likeness (QED) is 0.625. The van der Waals surface area contributed by atoms with Crippen LogP contribution in [0.5, 0.6) is 0 Å². The van der Waals surface area contributed by atoms with Crippen LogP contribution >= 0.6 is 0 Å². The standard InChI is InChI=1S/C22H28O3/c1-21-8-6-15-14-5-3-13(23)10-12(14)2-4-16(15)20(21)17-11-18(17)22(21)9-7-19(24)25-22/h10,14-18,20H,2-9,11H2,1H3/t14?,15?,16?,17-,18+,20?,21?,22-/m0/s1. The lowest BCUT2D eigenvalue weighted by molar-refractivity contribution is -0.174. The van der Waals surface area contributed by atoms with Gasteiger partial charge in [0.05, 0.1) is 0 Å². The van der Waals surface area contributed by atoms with Crippen LogP contribution in [0.15, 0.2) is 11.6 Å². The summed E-state index contributed by atoms with van der Waals surface area (Å²) in [5, 5.41) is 0. The zero-order chi connectivity index (χ0) is 17.0. The second-order valence-corrected chi connectivity index (χ2v) is 10.0. The van der Waals surface area contributed by atoms with Gasteiger partial charge < -0.3 is 4.74 Å². The molecule has 0 N–H and O–H groups in total. The van der Waals surface area contributed by atoms with Gasteiger partial charge in [0, 0.05) is 24.2 Å². The van der Waals surface area contributed by atoms with E-state index in [-0.39, 0.29) is 17.0 Å². The van der Waals surface area contributed by atoms with Crippen LogP contribution in [0.4, 0.5) is 0 Å². The fraction of sp³-hybridized carbons (Fsp3) is 0.818. The predicted molar refractivity (Wildman–Crippen MR) is 92.5 cm³/mol. The molecule has 1 aliphatic heterocycles. The number of hydrogen-bond acceptors (Lipinski definition) is 3. The van der Waals surface area contributed by atoms with Crippen LogP contribution in [0.3, 0.4) is 0 Å². The van der Waals surface area contributed by atoms with Crippen molar-refractivity contribution in [1.29, 1.82) is 0 Å². The maximum Gasteiger partial charge on any atom is 0.306 e. The molecule has 1 saturated heterocycles. The Morgan fingerprint density at radius 1 is 1.00 bits per heavy atom. The molecular weight excluding hydrogens is 312 g/mol. The SMILES string of the molecule is CC12CCC3C4CCC(=O)C=C4CCC3C1[C@H]1C[C@H]1[C@@]21CCC(=O)O1. The molecule has 6 rings (SSSR count). The first-order chi connectivity index (χ1) is 12.0. The van der Waals surface area contributed by atoms with Crippen molar-refractivity contribution in [2.45, 2.75) is 70.3 Å². The Bertz CT molecular complexity index is 708. The number of carbonyl (C=O) groups excluding carboxylic acids is 2. The van der Waals surface area contributed by atoms with Crippen LogP contribution in [-0.2, 0) is 14.3 Å². The second kappa shape index (κ2) is 4.58. The molecular formula is C22H28O3. The molecule has 5 fully saturated rings. The van der Waals surface area contributed by atoms with Crippen molar-refractivity contribution in [3.8, 4) is 0 Å². The van der Waals surface area contributed by atoms with Crippen molar-refractivity contribution in [3.63, 3.8) is 0 Å². The first kappa shape index (κ1) is 15.0. The lowest BCUT2D eigenvalue weighted by Crippen LogP contribution is -2.55. The molecule has 1 spiro atoms. The highest BCUT2D eigenvalue weighted by atomic mass is 16.6. The van der Waals surface area contributed by atoms with Crippen molar-refractivity contribution < 1.29 is 14.3 Å². The highest BCUT2D eigenvalue weighted by Crippen LogP contribution is 2.78. The van der Waals surface area contributed by atoms with Gasteiger partial charge in [-0.2, -0.15) is 0 Å². The summed E-state index contributed by atoms with van der Waals surface area (Å²) in [6, 6.07) is 0. The van der Waals surface area contributed by atoms with Crippen molar-refractivity contribution >= 4 is 11.8 Å². The van der Waals surface area contributed by atoms with E-state index in [1.807, 2.05) is 6.08 Å². The number of rotatable bonds is 0. The fourth-order valence-corrected chi connectivity index (χ4v) is 8.54. The van der Waals surface area contributed by atoms with E-state index in [1.54, 1.807) is 0 Å². The average Bonchev–Trinajstić information content (AvgIpc) is 3.23. The minimum Gasteiger partial charge on any atom is -0.458 e. The Hall–Kier alpha value is -1.12. The Balaban J connectivity index is 1.37. The Morgan fingerprint density at radius 2 is 1.88 bits per heavy atom. The lowest BCUT2D eigenvalue weighted by Gasteiger charge is -2.57. The third kappa shape index (κ3) is 1.69. The van der Waals surface area contributed by atoms with Crippen molar-refractivity contribution in [2.75, 3.05) is 0 Å². The monoisotopic (exact) mass is 340 g/mol. The number of allylic oxidation sites excluding steroid dienone is 1. The highest BCUT2D eigenvalue weighted by molar-refractivity contribution is 5.91. The van der Waals surface area contributed by atoms with E-state index in [9.17, 15) is 9.59 Å². The molecule has 6 aliphatic rings. The maximum absolute atomic E-state index is 12.0. The van der Waals surface area contributed by atoms with Crippen LogP contribution < -0.4 is 0 Å². The average molecular weight is 340 g/mol. The van der Waals surface area contributed by atoms with Crippen molar-refractivity contribution in [1.82, 2.24) is 0 Å². The smallest absolute Gasteiger partial charge is 0.306 e. The maximum atomic E-state index is 12.0. The van der Waals surface area contributed by atoms with E-state index in [0.29, 0.717) is 24.0 Å². The Morgan fingerprint density at radius 3 is 2.68 bits per heavy atom. The summed E-state index contributed by atoms with van der Waals surface area (Å²) < 4.78 is 6.14. The first-order valence-corrected chi connectivity index (χ1v) is 10.5. The topological polar surface area (TPSA) is 43.4 Å². The predicted octanol–water partition coefficient (Wildman–Crippen LogP) is 4.06. The van der Waals surface area contributed by atoms with Crippen LogP contribution in [0.1, 0.15) is 64.7 Å². The number of ether oxygens (including phenoxy) is 1. The summed E-state index contributed by atoms with van der Waals surface area (Å²) in [5.74, 6) is 4.85. The van der Waals surface area contributed by atoms with Gasteiger partial charge in [-0.25, -0.2) is 0 Å². The molecule has 25 heavy (non-hydrogen) atoms. The molecule has 3 nitrogen and oxygen atoms in total. The lowest BCUT2D eigenvalue weighted by atomic mass is 9.49. The summed E-state index contributed by atoms with van der Waals surface area (Å²) >= 11 is 0. The third-order valence-corrected chi connectivity index (χ3v) is 9.41. The molecule has 0 aromatic rings. The Kier molecular flexibility index (Phi) is 2.75. The van der Waals surface area contributed by atoms with Crippen LogP contribution in [0.2, 0.25) is 0 Å². The van der Waals surface area contributed by atoms with Crippen molar-refractivity contribution in [3.05, 3.63) is 11.6 Å². The van der Waals surface area contributed by atoms with E-state index < -0.39 is 0 Å². The van der Waals surface area contributed by atoms with Gasteiger partial charge in [-0.05, 0) is 80.6 Å². The van der Waals surface area contributed by atoms with E-state index in [1.165, 1.54) is 31.3 Å². The van der Waals surface area contributed by atoms with E-state index in [0.717, 1.165) is 49.4 Å². The first-order valence-electron chi connectivity index (χ1n) is 10.5. The molecule has 5 unspecified atom stereocenters. The van der Waals surface area contributed by atoms with Gasteiger partial charge >= 0.3 is 5.97 Å². The molecule has 5 aliphatic carbocycles. The van der Waals surface area contributed by atoms with E-state index >= 15 is 0 Å². The number of carbonyl (C=O) groups is 2. The third-order valence-electron chi connectivity index (χ3n) is 9.41. The number of ketones is 1. The molecule has 1 heterocycles. The normalized spacial score (nSPS) is 55.8. The molecule has 8 atom stereocenters. The van der Waals surface area contributed by atoms with E-state index in [2.05, 4.69) is 6.92 Å². The van der Waals surface area contributed by atoms with Gasteiger partial charge in [-0.3, -0.25) is 9.59 Å². The van der Waals surface area contributed by atoms with Crippen LogP contribution in [0.25, 0.3) is 0 Å². The van der Waals surface area contributed by atoms with Crippen molar-refractivity contribution in [2.24, 2.45) is 40.9 Å². The number of fused-ring (bicyclic) bond motifs is 9. The van der Waals surface area contributed by atoms with Gasteiger partial charge in [-0.1, -0.05) is 12.5 Å². The summed E-state index contributed by atoms with van der Waals surface area (Å²) in [7, 11) is 0. The summed E-state index contributed by atoms with van der Waals surface area (Å²) in [6.45, 7) is 2.47. The summed E-state index contributed by atoms with van der Waals surface area (Å²) in [4.78, 5) is 23.9. The molecule has 0 aromatic heterocycles. The second-order valence-electron chi connectivity index (χ2n) is 10.0.